The summed E-state index contributed by atoms with van der Waals surface area (Å²) in [6, 6.07) is 5.14. The van der Waals surface area contributed by atoms with Crippen LogP contribution in [-0.2, 0) is 6.18 Å². The van der Waals surface area contributed by atoms with Crippen molar-refractivity contribution in [2.75, 3.05) is 0 Å². The summed E-state index contributed by atoms with van der Waals surface area (Å²) < 4.78 is 41.1. The van der Waals surface area contributed by atoms with Gasteiger partial charge < -0.3 is 0 Å². The maximum absolute atomic E-state index is 12.8. The van der Waals surface area contributed by atoms with Gasteiger partial charge in [-0.2, -0.15) is 13.2 Å². The number of alkyl halides is 3. The number of hydrogen-bond donors (Lipinski definition) is 0. The van der Waals surface area contributed by atoms with Crippen molar-refractivity contribution in [2.45, 2.75) is 25.9 Å². The van der Waals surface area contributed by atoms with Crippen LogP contribution >= 0.6 is 15.9 Å². The van der Waals surface area contributed by atoms with Gasteiger partial charge in [0.05, 0.1) is 23.1 Å². The van der Waals surface area contributed by atoms with Gasteiger partial charge in [0.2, 0.25) is 0 Å². The highest BCUT2D eigenvalue weighted by molar-refractivity contribution is 9.10. The van der Waals surface area contributed by atoms with E-state index in [1.54, 1.807) is 22.9 Å². The maximum atomic E-state index is 12.8. The van der Waals surface area contributed by atoms with Crippen LogP contribution in [0, 0.1) is 0 Å². The molecular formula is C16H13BrF3N3. The lowest BCUT2D eigenvalue weighted by Gasteiger charge is -2.08. The minimum absolute atomic E-state index is 0.223. The van der Waals surface area contributed by atoms with E-state index in [0.29, 0.717) is 16.9 Å². The Morgan fingerprint density at radius 1 is 1.22 bits per heavy atom. The summed E-state index contributed by atoms with van der Waals surface area (Å²) in [4.78, 5) is 8.72. The number of fused-ring (bicyclic) bond motifs is 1. The molecule has 3 rings (SSSR count). The van der Waals surface area contributed by atoms with E-state index >= 15 is 0 Å². The molecule has 0 N–H and O–H groups in total. The fraction of sp³-hybridized carbons (Fsp3) is 0.250. The van der Waals surface area contributed by atoms with E-state index in [-0.39, 0.29) is 5.92 Å². The van der Waals surface area contributed by atoms with E-state index in [0.717, 1.165) is 22.4 Å². The molecule has 120 valence electrons. The summed E-state index contributed by atoms with van der Waals surface area (Å²) >= 11 is 3.50. The second-order valence-electron chi connectivity index (χ2n) is 5.52. The average molecular weight is 384 g/mol. The zero-order valence-corrected chi connectivity index (χ0v) is 14.0. The first-order chi connectivity index (χ1) is 10.8. The molecule has 0 aliphatic heterocycles. The van der Waals surface area contributed by atoms with Crippen LogP contribution in [0.25, 0.3) is 16.9 Å². The van der Waals surface area contributed by atoms with Crippen molar-refractivity contribution in [1.29, 1.82) is 0 Å². The number of imidazole rings is 1. The van der Waals surface area contributed by atoms with Gasteiger partial charge in [0, 0.05) is 11.8 Å². The number of rotatable bonds is 2. The smallest absolute Gasteiger partial charge is 0.290 e. The predicted octanol–water partition coefficient (Wildman–Crippen LogP) is 5.30. The Kier molecular flexibility index (Phi) is 3.91. The first kappa shape index (κ1) is 16.0. The number of hydrogen-bond acceptors (Lipinski definition) is 2. The van der Waals surface area contributed by atoms with Crippen LogP contribution in [0.4, 0.5) is 13.2 Å². The van der Waals surface area contributed by atoms with E-state index in [2.05, 4.69) is 25.9 Å². The third-order valence-electron chi connectivity index (χ3n) is 3.51. The molecule has 0 saturated heterocycles. The largest absolute Gasteiger partial charge is 0.416 e. The van der Waals surface area contributed by atoms with Crippen molar-refractivity contribution in [3.8, 4) is 11.3 Å². The van der Waals surface area contributed by atoms with Crippen LogP contribution in [0.1, 0.15) is 31.0 Å². The van der Waals surface area contributed by atoms with E-state index in [9.17, 15) is 13.2 Å². The SMILES string of the molecule is CC(C)c1nc2cnc(-c3cccc(C(F)(F)F)c3)cn2c1Br. The molecular weight excluding hydrogens is 371 g/mol. The lowest BCUT2D eigenvalue weighted by Crippen LogP contribution is -2.04. The molecule has 0 atom stereocenters. The summed E-state index contributed by atoms with van der Waals surface area (Å²) in [6.45, 7) is 4.04. The molecule has 0 aliphatic carbocycles. The quantitative estimate of drug-likeness (QED) is 0.600. The molecule has 0 radical (unpaired) electrons. The summed E-state index contributed by atoms with van der Waals surface area (Å²) in [5, 5.41) is 0. The molecule has 0 amide bonds. The number of halogens is 4. The highest BCUT2D eigenvalue weighted by atomic mass is 79.9. The molecule has 0 spiro atoms. The molecule has 0 aliphatic rings. The second-order valence-corrected chi connectivity index (χ2v) is 6.27. The van der Waals surface area contributed by atoms with Gasteiger partial charge in [0.15, 0.2) is 5.65 Å². The van der Waals surface area contributed by atoms with Gasteiger partial charge in [-0.3, -0.25) is 9.38 Å². The Morgan fingerprint density at radius 2 is 1.96 bits per heavy atom. The van der Waals surface area contributed by atoms with E-state index in [1.165, 1.54) is 6.07 Å². The van der Waals surface area contributed by atoms with Crippen LogP contribution < -0.4 is 0 Å². The molecule has 0 bridgehead atoms. The molecule has 23 heavy (non-hydrogen) atoms. The first-order valence-electron chi connectivity index (χ1n) is 6.98. The monoisotopic (exact) mass is 383 g/mol. The fourth-order valence-electron chi connectivity index (χ4n) is 2.32. The third kappa shape index (κ3) is 2.97. The molecule has 0 fully saturated rings. The van der Waals surface area contributed by atoms with Crippen molar-refractivity contribution < 1.29 is 13.2 Å². The zero-order valence-electron chi connectivity index (χ0n) is 12.4. The molecule has 2 heterocycles. The van der Waals surface area contributed by atoms with Gasteiger partial charge >= 0.3 is 6.18 Å². The Balaban J connectivity index is 2.12. The molecule has 3 nitrogen and oxygen atoms in total. The molecule has 3 aromatic rings. The lowest BCUT2D eigenvalue weighted by atomic mass is 10.1. The van der Waals surface area contributed by atoms with Crippen molar-refractivity contribution in [3.05, 3.63) is 52.5 Å². The van der Waals surface area contributed by atoms with Crippen molar-refractivity contribution in [1.82, 2.24) is 14.4 Å². The normalized spacial score (nSPS) is 12.3. The highest BCUT2D eigenvalue weighted by Crippen LogP contribution is 2.32. The molecule has 0 saturated carbocycles. The summed E-state index contributed by atoms with van der Waals surface area (Å²) in [5.74, 6) is 0.223. The van der Waals surface area contributed by atoms with Gasteiger partial charge in [-0.05, 0) is 34.0 Å². The van der Waals surface area contributed by atoms with Gasteiger partial charge in [0.25, 0.3) is 0 Å². The van der Waals surface area contributed by atoms with E-state index < -0.39 is 11.7 Å². The Hall–Kier alpha value is -1.89. The Labute approximate surface area is 139 Å². The molecule has 1 aromatic carbocycles. The molecule has 0 unspecified atom stereocenters. The fourth-order valence-corrected chi connectivity index (χ4v) is 3.15. The number of nitrogens with zero attached hydrogens (tertiary/aromatic N) is 3. The van der Waals surface area contributed by atoms with Crippen molar-refractivity contribution in [2.24, 2.45) is 0 Å². The minimum Gasteiger partial charge on any atom is -0.290 e. The van der Waals surface area contributed by atoms with Gasteiger partial charge in [0.1, 0.15) is 4.60 Å². The standard InChI is InChI=1S/C16H13BrF3N3/c1-9(2)14-15(17)23-8-12(21-7-13(23)22-14)10-4-3-5-11(6-10)16(18,19)20/h3-9H,1-2H3. The van der Waals surface area contributed by atoms with Crippen LogP contribution in [-0.4, -0.2) is 14.4 Å². The van der Waals surface area contributed by atoms with Crippen LogP contribution in [0.3, 0.4) is 0 Å². The number of aromatic nitrogens is 3. The number of benzene rings is 1. The topological polar surface area (TPSA) is 30.2 Å². The van der Waals surface area contributed by atoms with Gasteiger partial charge in [-0.25, -0.2) is 4.98 Å². The lowest BCUT2D eigenvalue weighted by molar-refractivity contribution is -0.137. The van der Waals surface area contributed by atoms with Crippen molar-refractivity contribution in [3.63, 3.8) is 0 Å². The van der Waals surface area contributed by atoms with Crippen molar-refractivity contribution >= 4 is 21.6 Å². The van der Waals surface area contributed by atoms with Crippen LogP contribution in [0.2, 0.25) is 0 Å². The molecule has 7 heteroatoms. The Morgan fingerprint density at radius 3 is 2.61 bits per heavy atom. The third-order valence-corrected chi connectivity index (χ3v) is 4.30. The summed E-state index contributed by atoms with van der Waals surface area (Å²) in [6.07, 6.45) is -1.12. The Bertz CT molecular complexity index is 869. The van der Waals surface area contributed by atoms with E-state index in [4.69, 9.17) is 0 Å². The first-order valence-corrected chi connectivity index (χ1v) is 7.78. The van der Waals surface area contributed by atoms with Gasteiger partial charge in [-0.15, -0.1) is 0 Å². The maximum Gasteiger partial charge on any atom is 0.416 e. The molecule has 2 aromatic heterocycles. The average Bonchev–Trinajstić information content (AvgIpc) is 2.83. The van der Waals surface area contributed by atoms with Gasteiger partial charge in [-0.1, -0.05) is 26.0 Å². The zero-order chi connectivity index (χ0) is 16.8. The van der Waals surface area contributed by atoms with E-state index in [1.807, 2.05) is 13.8 Å². The minimum atomic E-state index is -4.37. The second kappa shape index (κ2) is 5.63. The summed E-state index contributed by atoms with van der Waals surface area (Å²) in [5.41, 5.74) is 1.71. The highest BCUT2D eigenvalue weighted by Gasteiger charge is 2.30. The van der Waals surface area contributed by atoms with Crippen LogP contribution in [0.5, 0.6) is 0 Å². The predicted molar refractivity (Wildman–Crippen MR) is 85.2 cm³/mol. The summed E-state index contributed by atoms with van der Waals surface area (Å²) in [7, 11) is 0. The van der Waals surface area contributed by atoms with Crippen LogP contribution in [0.15, 0.2) is 41.3 Å².